The van der Waals surface area contributed by atoms with E-state index in [-0.39, 0.29) is 23.3 Å². The first kappa shape index (κ1) is 19.6. The number of carbonyl (C=O) groups excluding carboxylic acids is 2. The summed E-state index contributed by atoms with van der Waals surface area (Å²) in [5.41, 5.74) is 0.192. The standard InChI is InChI=1S/C21H30FN3O2/c1-20(2,3)24-19(27)25-12-8-15(9-13-25)14-23-18(26)21(10-11-21)16-4-6-17(22)7-5-16/h4-7,15H,8-14H2,1-3H3,(H,23,26)(H,24,27). The minimum absolute atomic E-state index is 0.0155. The summed E-state index contributed by atoms with van der Waals surface area (Å²) in [5.74, 6) is 0.149. The number of benzene rings is 1. The first-order valence-corrected chi connectivity index (χ1v) is 9.81. The largest absolute Gasteiger partial charge is 0.355 e. The van der Waals surface area contributed by atoms with Crippen molar-refractivity contribution >= 4 is 11.9 Å². The van der Waals surface area contributed by atoms with Gasteiger partial charge in [-0.25, -0.2) is 9.18 Å². The van der Waals surface area contributed by atoms with Crippen LogP contribution in [0.3, 0.4) is 0 Å². The molecule has 1 aromatic carbocycles. The van der Waals surface area contributed by atoms with Crippen LogP contribution in [0.5, 0.6) is 0 Å². The van der Waals surface area contributed by atoms with E-state index < -0.39 is 5.41 Å². The summed E-state index contributed by atoms with van der Waals surface area (Å²) >= 11 is 0. The fraction of sp³-hybridized carbons (Fsp3) is 0.619. The third kappa shape index (κ3) is 4.79. The minimum Gasteiger partial charge on any atom is -0.355 e. The average molecular weight is 375 g/mol. The highest BCUT2D eigenvalue weighted by Crippen LogP contribution is 2.48. The molecule has 27 heavy (non-hydrogen) atoms. The van der Waals surface area contributed by atoms with Gasteiger partial charge in [0.15, 0.2) is 0 Å². The summed E-state index contributed by atoms with van der Waals surface area (Å²) in [6, 6.07) is 6.25. The van der Waals surface area contributed by atoms with E-state index >= 15 is 0 Å². The van der Waals surface area contributed by atoms with Crippen molar-refractivity contribution < 1.29 is 14.0 Å². The zero-order chi connectivity index (χ0) is 19.7. The van der Waals surface area contributed by atoms with Gasteiger partial charge in [0.25, 0.3) is 0 Å². The number of rotatable bonds is 4. The molecule has 1 heterocycles. The van der Waals surface area contributed by atoms with Crippen LogP contribution < -0.4 is 10.6 Å². The van der Waals surface area contributed by atoms with Crippen LogP contribution in [0.1, 0.15) is 52.0 Å². The number of hydrogen-bond acceptors (Lipinski definition) is 2. The van der Waals surface area contributed by atoms with Crippen LogP contribution in [-0.4, -0.2) is 42.0 Å². The Labute approximate surface area is 160 Å². The smallest absolute Gasteiger partial charge is 0.317 e. The second-order valence-electron chi connectivity index (χ2n) is 8.91. The summed E-state index contributed by atoms with van der Waals surface area (Å²) < 4.78 is 13.1. The van der Waals surface area contributed by atoms with Crippen molar-refractivity contribution in [3.05, 3.63) is 35.6 Å². The van der Waals surface area contributed by atoms with Gasteiger partial charge in [-0.1, -0.05) is 12.1 Å². The summed E-state index contributed by atoms with van der Waals surface area (Å²) in [6.07, 6.45) is 3.41. The molecule has 3 rings (SSSR count). The molecule has 148 valence electrons. The zero-order valence-corrected chi connectivity index (χ0v) is 16.5. The molecule has 1 aliphatic heterocycles. The molecule has 6 heteroatoms. The maximum Gasteiger partial charge on any atom is 0.317 e. The predicted octanol–water partition coefficient (Wildman–Crippen LogP) is 3.19. The molecular weight excluding hydrogens is 345 g/mol. The Morgan fingerprint density at radius 2 is 1.74 bits per heavy atom. The molecule has 1 saturated carbocycles. The van der Waals surface area contributed by atoms with Crippen molar-refractivity contribution in [2.45, 2.75) is 57.4 Å². The number of nitrogens with one attached hydrogen (secondary N) is 2. The highest BCUT2D eigenvalue weighted by atomic mass is 19.1. The van der Waals surface area contributed by atoms with Gasteiger partial charge in [-0.2, -0.15) is 0 Å². The van der Waals surface area contributed by atoms with Gasteiger partial charge in [0.2, 0.25) is 5.91 Å². The maximum atomic E-state index is 13.1. The Morgan fingerprint density at radius 3 is 2.26 bits per heavy atom. The van der Waals surface area contributed by atoms with Gasteiger partial charge in [0, 0.05) is 25.2 Å². The SMILES string of the molecule is CC(C)(C)NC(=O)N1CCC(CNC(=O)C2(c3ccc(F)cc3)CC2)CC1. The third-order valence-corrected chi connectivity index (χ3v) is 5.52. The van der Waals surface area contributed by atoms with Crippen LogP contribution in [0, 0.1) is 11.7 Å². The number of likely N-dealkylation sites (tertiary alicyclic amines) is 1. The lowest BCUT2D eigenvalue weighted by Gasteiger charge is -2.34. The number of urea groups is 1. The van der Waals surface area contributed by atoms with Gasteiger partial charge in [-0.15, -0.1) is 0 Å². The Morgan fingerprint density at radius 1 is 1.15 bits per heavy atom. The molecule has 3 amide bonds. The number of hydrogen-bond donors (Lipinski definition) is 2. The van der Waals surface area contributed by atoms with E-state index in [1.165, 1.54) is 12.1 Å². The second-order valence-corrected chi connectivity index (χ2v) is 8.91. The van der Waals surface area contributed by atoms with E-state index in [0.717, 1.165) is 31.2 Å². The van der Waals surface area contributed by atoms with Crippen molar-refractivity contribution in [3.63, 3.8) is 0 Å². The van der Waals surface area contributed by atoms with E-state index in [0.29, 0.717) is 25.6 Å². The van der Waals surface area contributed by atoms with Crippen LogP contribution in [0.15, 0.2) is 24.3 Å². The highest BCUT2D eigenvalue weighted by molar-refractivity contribution is 5.91. The Balaban J connectivity index is 1.46. The van der Waals surface area contributed by atoms with Crippen molar-refractivity contribution in [2.24, 2.45) is 5.92 Å². The van der Waals surface area contributed by atoms with E-state index in [2.05, 4.69) is 10.6 Å². The topological polar surface area (TPSA) is 61.4 Å². The summed E-state index contributed by atoms with van der Waals surface area (Å²) in [6.45, 7) is 7.99. The first-order valence-electron chi connectivity index (χ1n) is 9.81. The molecule has 0 aromatic heterocycles. The third-order valence-electron chi connectivity index (χ3n) is 5.52. The lowest BCUT2D eigenvalue weighted by Crippen LogP contribution is -2.51. The predicted molar refractivity (Wildman–Crippen MR) is 103 cm³/mol. The molecule has 2 aliphatic rings. The lowest BCUT2D eigenvalue weighted by atomic mass is 9.93. The molecule has 2 fully saturated rings. The number of halogens is 1. The quantitative estimate of drug-likeness (QED) is 0.849. The zero-order valence-electron chi connectivity index (χ0n) is 16.5. The molecule has 1 saturated heterocycles. The summed E-state index contributed by atoms with van der Waals surface area (Å²) in [5, 5.41) is 6.09. The van der Waals surface area contributed by atoms with Gasteiger partial charge in [-0.05, 0) is 70.1 Å². The molecule has 1 aliphatic carbocycles. The molecule has 2 N–H and O–H groups in total. The van der Waals surface area contributed by atoms with Gasteiger partial charge < -0.3 is 15.5 Å². The molecular formula is C21H30FN3O2. The molecule has 5 nitrogen and oxygen atoms in total. The molecule has 0 unspecified atom stereocenters. The van der Waals surface area contributed by atoms with Crippen molar-refractivity contribution in [1.82, 2.24) is 15.5 Å². The molecule has 0 spiro atoms. The van der Waals surface area contributed by atoms with Gasteiger partial charge >= 0.3 is 6.03 Å². The van der Waals surface area contributed by atoms with E-state index in [4.69, 9.17) is 0 Å². The van der Waals surface area contributed by atoms with Gasteiger partial charge in [0.1, 0.15) is 5.82 Å². The minimum atomic E-state index is -0.471. The first-order chi connectivity index (χ1) is 12.7. The second kappa shape index (κ2) is 7.49. The molecule has 0 bridgehead atoms. The fourth-order valence-corrected chi connectivity index (χ4v) is 3.69. The Hall–Kier alpha value is -2.11. The average Bonchev–Trinajstić information content (AvgIpc) is 3.41. The Bertz CT molecular complexity index is 684. The van der Waals surface area contributed by atoms with Crippen molar-refractivity contribution in [2.75, 3.05) is 19.6 Å². The van der Waals surface area contributed by atoms with E-state index in [1.54, 1.807) is 12.1 Å². The van der Waals surface area contributed by atoms with Gasteiger partial charge in [0.05, 0.1) is 5.41 Å². The van der Waals surface area contributed by atoms with Crippen molar-refractivity contribution in [1.29, 1.82) is 0 Å². The highest BCUT2D eigenvalue weighted by Gasteiger charge is 2.51. The molecule has 0 atom stereocenters. The van der Waals surface area contributed by atoms with Crippen LogP contribution in [0.4, 0.5) is 9.18 Å². The number of carbonyl (C=O) groups is 2. The van der Waals surface area contributed by atoms with Crippen LogP contribution in [0.25, 0.3) is 0 Å². The monoisotopic (exact) mass is 375 g/mol. The number of piperidine rings is 1. The summed E-state index contributed by atoms with van der Waals surface area (Å²) in [4.78, 5) is 26.8. The number of amides is 3. The van der Waals surface area contributed by atoms with Gasteiger partial charge in [-0.3, -0.25) is 4.79 Å². The molecule has 0 radical (unpaired) electrons. The van der Waals surface area contributed by atoms with Crippen LogP contribution in [0.2, 0.25) is 0 Å². The van der Waals surface area contributed by atoms with Crippen LogP contribution in [-0.2, 0) is 10.2 Å². The lowest BCUT2D eigenvalue weighted by molar-refractivity contribution is -0.123. The fourth-order valence-electron chi connectivity index (χ4n) is 3.69. The van der Waals surface area contributed by atoms with Crippen LogP contribution >= 0.6 is 0 Å². The number of nitrogens with zero attached hydrogens (tertiary/aromatic N) is 1. The molecule has 1 aromatic rings. The normalized spacial score (nSPS) is 19.5. The van der Waals surface area contributed by atoms with E-state index in [9.17, 15) is 14.0 Å². The van der Waals surface area contributed by atoms with Crippen molar-refractivity contribution in [3.8, 4) is 0 Å². The Kier molecular flexibility index (Phi) is 5.45. The van der Waals surface area contributed by atoms with E-state index in [1.807, 2.05) is 25.7 Å². The maximum absolute atomic E-state index is 13.1. The summed E-state index contributed by atoms with van der Waals surface area (Å²) in [7, 11) is 0.